The molecule has 27 heavy (non-hydrogen) atoms. The Bertz CT molecular complexity index is 975. The van der Waals surface area contributed by atoms with Gasteiger partial charge in [0.2, 0.25) is 17.5 Å². The summed E-state index contributed by atoms with van der Waals surface area (Å²) in [7, 11) is 0. The summed E-state index contributed by atoms with van der Waals surface area (Å²) in [5.74, 6) is 1.05. The fraction of sp³-hybridized carbons (Fsp3) is 0.211. The van der Waals surface area contributed by atoms with E-state index in [1.54, 1.807) is 34.4 Å². The van der Waals surface area contributed by atoms with Gasteiger partial charge in [-0.1, -0.05) is 6.07 Å². The Hall–Kier alpha value is -3.31. The second kappa shape index (κ2) is 7.51. The molecule has 0 aliphatic carbocycles. The molecule has 1 aliphatic rings. The highest BCUT2D eigenvalue weighted by Gasteiger charge is 2.27. The van der Waals surface area contributed by atoms with E-state index in [1.807, 2.05) is 28.5 Å². The average Bonchev–Trinajstić information content (AvgIpc) is 3.47. The number of carbonyl (C=O) groups is 1. The van der Waals surface area contributed by atoms with Gasteiger partial charge in [0.15, 0.2) is 5.76 Å². The minimum Gasteiger partial charge on any atom is -0.459 e. The van der Waals surface area contributed by atoms with Crippen molar-refractivity contribution >= 4 is 35.3 Å². The lowest BCUT2D eigenvalue weighted by molar-refractivity contribution is 0.0713. The number of carbonyl (C=O) groups excluding carboxylic acids is 1. The molecule has 4 heterocycles. The molecule has 1 amide bonds. The van der Waals surface area contributed by atoms with Crippen LogP contribution in [0.3, 0.4) is 0 Å². The molecule has 1 saturated heterocycles. The predicted octanol–water partition coefficient (Wildman–Crippen LogP) is 3.33. The lowest BCUT2D eigenvalue weighted by Crippen LogP contribution is -2.48. The first-order chi connectivity index (χ1) is 13.2. The number of piperazine rings is 1. The Morgan fingerprint density at radius 2 is 2.07 bits per heavy atom. The maximum absolute atomic E-state index is 12.3. The molecule has 136 valence electrons. The third-order valence-electron chi connectivity index (χ3n) is 4.25. The van der Waals surface area contributed by atoms with E-state index < -0.39 is 0 Å². The maximum atomic E-state index is 12.3. The summed E-state index contributed by atoms with van der Waals surface area (Å²) in [5, 5.41) is 11.4. The van der Waals surface area contributed by atoms with Crippen LogP contribution < -0.4 is 4.90 Å². The first kappa shape index (κ1) is 17.1. The second-order valence-corrected chi connectivity index (χ2v) is 6.90. The summed E-state index contributed by atoms with van der Waals surface area (Å²) >= 11 is 1.61. The molecule has 0 spiro atoms. The first-order valence-corrected chi connectivity index (χ1v) is 9.33. The van der Waals surface area contributed by atoms with Crippen molar-refractivity contribution < 1.29 is 13.6 Å². The van der Waals surface area contributed by atoms with Crippen molar-refractivity contribution in [2.24, 2.45) is 0 Å². The fourth-order valence-corrected chi connectivity index (χ4v) is 3.51. The second-order valence-electron chi connectivity index (χ2n) is 5.92. The average molecular weight is 380 g/mol. The highest BCUT2D eigenvalue weighted by molar-refractivity contribution is 7.10. The van der Waals surface area contributed by atoms with Crippen molar-refractivity contribution in [1.82, 2.24) is 9.88 Å². The van der Waals surface area contributed by atoms with Crippen LogP contribution in [0.4, 0.5) is 5.88 Å². The van der Waals surface area contributed by atoms with Gasteiger partial charge in [0.1, 0.15) is 6.07 Å². The monoisotopic (exact) mass is 380 g/mol. The Balaban J connectivity index is 1.45. The molecular formula is C19H16N4O3S. The number of rotatable bonds is 4. The number of anilines is 1. The smallest absolute Gasteiger partial charge is 0.289 e. The largest absolute Gasteiger partial charge is 0.459 e. The van der Waals surface area contributed by atoms with Crippen LogP contribution in [-0.2, 0) is 0 Å². The summed E-state index contributed by atoms with van der Waals surface area (Å²) in [6.07, 6.45) is 5.15. The van der Waals surface area contributed by atoms with Crippen LogP contribution in [0.25, 0.3) is 12.2 Å². The third-order valence-corrected chi connectivity index (χ3v) is 5.09. The van der Waals surface area contributed by atoms with Crippen LogP contribution in [0.15, 0.2) is 44.7 Å². The third kappa shape index (κ3) is 3.64. The molecule has 3 aromatic rings. The van der Waals surface area contributed by atoms with Crippen molar-refractivity contribution in [3.05, 3.63) is 58.1 Å². The quantitative estimate of drug-likeness (QED) is 0.690. The number of hydrogen-bond acceptors (Lipinski definition) is 7. The number of furan rings is 1. The minimum atomic E-state index is -0.128. The topological polar surface area (TPSA) is 86.5 Å². The summed E-state index contributed by atoms with van der Waals surface area (Å²) in [6.45, 7) is 2.16. The van der Waals surface area contributed by atoms with Gasteiger partial charge in [-0.15, -0.1) is 11.3 Å². The molecule has 0 radical (unpaired) electrons. The van der Waals surface area contributed by atoms with Crippen LogP contribution in [-0.4, -0.2) is 42.0 Å². The predicted molar refractivity (Wildman–Crippen MR) is 101 cm³/mol. The zero-order chi connectivity index (χ0) is 18.6. The molecule has 0 saturated carbocycles. The summed E-state index contributed by atoms with van der Waals surface area (Å²) < 4.78 is 11.0. The Morgan fingerprint density at radius 1 is 1.22 bits per heavy atom. The zero-order valence-electron chi connectivity index (χ0n) is 14.4. The highest BCUT2D eigenvalue weighted by atomic mass is 32.1. The number of aromatic nitrogens is 1. The van der Waals surface area contributed by atoms with Crippen molar-refractivity contribution in [3.8, 4) is 6.07 Å². The lowest BCUT2D eigenvalue weighted by atomic mass is 10.2. The molecule has 4 rings (SSSR count). The van der Waals surface area contributed by atoms with Gasteiger partial charge in [-0.05, 0) is 29.7 Å². The van der Waals surface area contributed by atoms with Gasteiger partial charge in [0, 0.05) is 37.1 Å². The fourth-order valence-electron chi connectivity index (χ4n) is 2.89. The molecular weight excluding hydrogens is 364 g/mol. The Kier molecular flexibility index (Phi) is 4.77. The van der Waals surface area contributed by atoms with Crippen molar-refractivity contribution in [2.75, 3.05) is 31.1 Å². The molecule has 0 N–H and O–H groups in total. The van der Waals surface area contributed by atoms with Gasteiger partial charge in [-0.2, -0.15) is 10.2 Å². The number of amides is 1. The molecule has 1 aliphatic heterocycles. The van der Waals surface area contributed by atoms with Crippen molar-refractivity contribution in [3.63, 3.8) is 0 Å². The van der Waals surface area contributed by atoms with E-state index in [-0.39, 0.29) is 11.6 Å². The van der Waals surface area contributed by atoms with E-state index >= 15 is 0 Å². The molecule has 1 fully saturated rings. The van der Waals surface area contributed by atoms with E-state index in [4.69, 9.17) is 8.83 Å². The minimum absolute atomic E-state index is 0.128. The van der Waals surface area contributed by atoms with E-state index in [9.17, 15) is 10.1 Å². The number of nitriles is 1. The number of oxazole rings is 1. The van der Waals surface area contributed by atoms with E-state index in [0.717, 1.165) is 4.88 Å². The van der Waals surface area contributed by atoms with Gasteiger partial charge in [-0.25, -0.2) is 0 Å². The zero-order valence-corrected chi connectivity index (χ0v) is 15.2. The lowest BCUT2D eigenvalue weighted by Gasteiger charge is -2.34. The Labute approximate surface area is 159 Å². The van der Waals surface area contributed by atoms with Gasteiger partial charge >= 0.3 is 0 Å². The summed E-state index contributed by atoms with van der Waals surface area (Å²) in [4.78, 5) is 21.4. The van der Waals surface area contributed by atoms with Crippen molar-refractivity contribution in [2.45, 2.75) is 0 Å². The SMILES string of the molecule is N#Cc1nc(/C=C/c2cccs2)oc1N1CCN(C(=O)c2ccco2)CC1. The summed E-state index contributed by atoms with van der Waals surface area (Å²) in [5.41, 5.74) is 0.256. The standard InChI is InChI=1S/C19H16N4O3S/c20-13-15-19(26-17(21-15)6-5-14-3-2-12-27-14)23-9-7-22(8-10-23)18(24)16-4-1-11-25-16/h1-6,11-12H,7-10H2/b6-5+. The van der Waals surface area contributed by atoms with E-state index in [0.29, 0.717) is 43.7 Å². The first-order valence-electron chi connectivity index (χ1n) is 8.45. The van der Waals surface area contributed by atoms with Gasteiger partial charge in [0.25, 0.3) is 5.91 Å². The highest BCUT2D eigenvalue weighted by Crippen LogP contribution is 2.25. The molecule has 3 aromatic heterocycles. The maximum Gasteiger partial charge on any atom is 0.289 e. The molecule has 0 bridgehead atoms. The molecule has 0 atom stereocenters. The molecule has 7 nitrogen and oxygen atoms in total. The van der Waals surface area contributed by atoms with Crippen molar-refractivity contribution in [1.29, 1.82) is 5.26 Å². The Morgan fingerprint density at radius 3 is 2.74 bits per heavy atom. The van der Waals surface area contributed by atoms with Gasteiger partial charge < -0.3 is 18.6 Å². The summed E-state index contributed by atoms with van der Waals surface area (Å²) in [6, 6.07) is 9.40. The molecule has 0 unspecified atom stereocenters. The van der Waals surface area contributed by atoms with Crippen LogP contribution in [0.2, 0.25) is 0 Å². The van der Waals surface area contributed by atoms with E-state index in [1.165, 1.54) is 6.26 Å². The van der Waals surface area contributed by atoms with Crippen LogP contribution in [0, 0.1) is 11.3 Å². The normalized spacial score (nSPS) is 14.6. The van der Waals surface area contributed by atoms with Gasteiger partial charge in [-0.3, -0.25) is 4.79 Å². The van der Waals surface area contributed by atoms with E-state index in [2.05, 4.69) is 11.1 Å². The molecule has 8 heteroatoms. The van der Waals surface area contributed by atoms with Crippen LogP contribution in [0.5, 0.6) is 0 Å². The van der Waals surface area contributed by atoms with Crippen LogP contribution >= 0.6 is 11.3 Å². The number of nitrogens with zero attached hydrogens (tertiary/aromatic N) is 4. The van der Waals surface area contributed by atoms with Crippen LogP contribution in [0.1, 0.15) is 27.0 Å². The number of thiophene rings is 1. The number of hydrogen-bond donors (Lipinski definition) is 0. The van der Waals surface area contributed by atoms with Gasteiger partial charge in [0.05, 0.1) is 6.26 Å². The molecule has 0 aromatic carbocycles.